The van der Waals surface area contributed by atoms with Crippen LogP contribution in [0.4, 0.5) is 4.79 Å². The van der Waals surface area contributed by atoms with E-state index in [4.69, 9.17) is 14.3 Å². The Morgan fingerprint density at radius 1 is 1.11 bits per heavy atom. The molecule has 0 aromatic heterocycles. The quantitative estimate of drug-likeness (QED) is 0.462. The molecule has 0 aliphatic heterocycles. The summed E-state index contributed by atoms with van der Waals surface area (Å²) in [6, 6.07) is 0. The first-order valence-electron chi connectivity index (χ1n) is 5.88. The van der Waals surface area contributed by atoms with Crippen LogP contribution in [0.2, 0.25) is 0 Å². The van der Waals surface area contributed by atoms with E-state index in [9.17, 15) is 14.4 Å². The second-order valence-electron chi connectivity index (χ2n) is 5.02. The van der Waals surface area contributed by atoms with Crippen molar-refractivity contribution in [3.63, 3.8) is 0 Å². The van der Waals surface area contributed by atoms with Gasteiger partial charge in [0.25, 0.3) is 0 Å². The molecule has 0 aliphatic rings. The zero-order valence-corrected chi connectivity index (χ0v) is 12.2. The summed E-state index contributed by atoms with van der Waals surface area (Å²) in [4.78, 5) is 39.4. The SMILES string of the molecule is CCOC(=O)C(C)(ONC(=O)OC(C)(C)C)C(C)=O. The highest BCUT2D eigenvalue weighted by Gasteiger charge is 2.43. The topological polar surface area (TPSA) is 90.9 Å². The molecule has 0 heterocycles. The van der Waals surface area contributed by atoms with Crippen molar-refractivity contribution in [3.05, 3.63) is 0 Å². The Kier molecular flexibility index (Phi) is 5.95. The Labute approximate surface area is 112 Å². The van der Waals surface area contributed by atoms with Crippen LogP contribution in [0.3, 0.4) is 0 Å². The number of nitrogens with one attached hydrogen (secondary N) is 1. The highest BCUT2D eigenvalue weighted by atomic mass is 16.7. The summed E-state index contributed by atoms with van der Waals surface area (Å²) < 4.78 is 9.64. The molecular weight excluding hydrogens is 254 g/mol. The molecule has 0 aromatic carbocycles. The molecule has 1 amide bonds. The van der Waals surface area contributed by atoms with Crippen molar-refractivity contribution in [3.8, 4) is 0 Å². The highest BCUT2D eigenvalue weighted by Crippen LogP contribution is 2.14. The van der Waals surface area contributed by atoms with Crippen LogP contribution < -0.4 is 5.48 Å². The summed E-state index contributed by atoms with van der Waals surface area (Å²) in [7, 11) is 0. The number of carbonyl (C=O) groups is 3. The van der Waals surface area contributed by atoms with E-state index in [1.165, 1.54) is 6.92 Å². The van der Waals surface area contributed by atoms with E-state index >= 15 is 0 Å². The lowest BCUT2D eigenvalue weighted by Gasteiger charge is -2.25. The minimum atomic E-state index is -1.90. The van der Waals surface area contributed by atoms with Gasteiger partial charge in [-0.25, -0.2) is 14.4 Å². The van der Waals surface area contributed by atoms with E-state index in [1.807, 2.05) is 5.48 Å². The lowest BCUT2D eigenvalue weighted by Crippen LogP contribution is -2.51. The summed E-state index contributed by atoms with van der Waals surface area (Å²) in [6.45, 7) is 9.07. The maximum Gasteiger partial charge on any atom is 0.431 e. The average molecular weight is 275 g/mol. The summed E-state index contributed by atoms with van der Waals surface area (Å²) in [5.74, 6) is -1.47. The van der Waals surface area contributed by atoms with Crippen LogP contribution in [0, 0.1) is 0 Å². The van der Waals surface area contributed by atoms with E-state index in [0.717, 1.165) is 6.92 Å². The third-order valence-electron chi connectivity index (χ3n) is 2.07. The van der Waals surface area contributed by atoms with Crippen LogP contribution in [-0.2, 0) is 23.9 Å². The average Bonchev–Trinajstić information content (AvgIpc) is 2.23. The van der Waals surface area contributed by atoms with Crippen LogP contribution >= 0.6 is 0 Å². The maximum absolute atomic E-state index is 11.6. The van der Waals surface area contributed by atoms with Gasteiger partial charge in [-0.05, 0) is 41.5 Å². The van der Waals surface area contributed by atoms with Gasteiger partial charge in [0, 0.05) is 0 Å². The van der Waals surface area contributed by atoms with Gasteiger partial charge in [-0.3, -0.25) is 4.79 Å². The second kappa shape index (κ2) is 6.51. The number of rotatable bonds is 5. The van der Waals surface area contributed by atoms with Gasteiger partial charge < -0.3 is 9.47 Å². The normalized spacial score (nSPS) is 14.2. The maximum atomic E-state index is 11.6. The van der Waals surface area contributed by atoms with Crippen molar-refractivity contribution in [1.29, 1.82) is 0 Å². The number of ether oxygens (including phenoxy) is 2. The van der Waals surface area contributed by atoms with Crippen LogP contribution in [0.15, 0.2) is 0 Å². The fourth-order valence-corrected chi connectivity index (χ4v) is 0.969. The Balaban J connectivity index is 4.66. The van der Waals surface area contributed by atoms with Gasteiger partial charge in [0.2, 0.25) is 5.60 Å². The molecule has 19 heavy (non-hydrogen) atoms. The standard InChI is InChI=1S/C12H21NO6/c1-7-17-9(15)12(6,8(2)14)19-13-10(16)18-11(3,4)5/h7H2,1-6H3,(H,13,16). The molecule has 0 radical (unpaired) electrons. The molecule has 1 N–H and O–H groups in total. The predicted octanol–water partition coefficient (Wildman–Crippen LogP) is 1.35. The minimum absolute atomic E-state index is 0.0947. The van der Waals surface area contributed by atoms with Crippen LogP contribution in [0.25, 0.3) is 0 Å². The van der Waals surface area contributed by atoms with Gasteiger partial charge in [-0.15, -0.1) is 0 Å². The molecule has 0 saturated carbocycles. The van der Waals surface area contributed by atoms with Gasteiger partial charge in [0.1, 0.15) is 5.60 Å². The molecule has 0 saturated heterocycles. The van der Waals surface area contributed by atoms with Crippen molar-refractivity contribution >= 4 is 17.8 Å². The molecule has 0 fully saturated rings. The van der Waals surface area contributed by atoms with E-state index in [0.29, 0.717) is 0 Å². The molecule has 0 spiro atoms. The molecule has 0 aromatic rings. The van der Waals surface area contributed by atoms with Gasteiger partial charge >= 0.3 is 12.1 Å². The number of Topliss-reactive ketones (excluding diaryl/α,β-unsaturated/α-hetero) is 1. The van der Waals surface area contributed by atoms with Crippen molar-refractivity contribution in [2.45, 2.75) is 52.7 Å². The van der Waals surface area contributed by atoms with Crippen LogP contribution in [0.1, 0.15) is 41.5 Å². The molecule has 1 atom stereocenters. The summed E-state index contributed by atoms with van der Waals surface area (Å²) in [5.41, 5.74) is -0.697. The molecule has 110 valence electrons. The van der Waals surface area contributed by atoms with Crippen molar-refractivity contribution in [1.82, 2.24) is 5.48 Å². The summed E-state index contributed by atoms with van der Waals surface area (Å²) >= 11 is 0. The number of ketones is 1. The number of esters is 1. The van der Waals surface area contributed by atoms with E-state index in [2.05, 4.69) is 0 Å². The Morgan fingerprint density at radius 3 is 2.00 bits per heavy atom. The predicted molar refractivity (Wildman–Crippen MR) is 66.2 cm³/mol. The summed E-state index contributed by atoms with van der Waals surface area (Å²) in [6.07, 6.45) is -0.899. The van der Waals surface area contributed by atoms with Crippen molar-refractivity contribution in [2.75, 3.05) is 6.61 Å². The third kappa shape index (κ3) is 5.69. The van der Waals surface area contributed by atoms with E-state index in [-0.39, 0.29) is 6.61 Å². The second-order valence-corrected chi connectivity index (χ2v) is 5.02. The first-order valence-corrected chi connectivity index (χ1v) is 5.88. The first kappa shape index (κ1) is 17.4. The first-order chi connectivity index (χ1) is 8.53. The molecular formula is C12H21NO6. The third-order valence-corrected chi connectivity index (χ3v) is 2.07. The highest BCUT2D eigenvalue weighted by molar-refractivity contribution is 6.05. The Morgan fingerprint density at radius 2 is 1.63 bits per heavy atom. The fourth-order valence-electron chi connectivity index (χ4n) is 0.969. The number of hydrogen-bond acceptors (Lipinski definition) is 6. The van der Waals surface area contributed by atoms with Gasteiger partial charge in [0.05, 0.1) is 6.61 Å². The molecule has 0 rings (SSSR count). The molecule has 7 heteroatoms. The number of hydroxylamine groups is 1. The molecule has 1 unspecified atom stereocenters. The summed E-state index contributed by atoms with van der Waals surface area (Å²) in [5, 5.41) is 0. The van der Waals surface area contributed by atoms with Crippen LogP contribution in [0.5, 0.6) is 0 Å². The number of hydrogen-bond donors (Lipinski definition) is 1. The van der Waals surface area contributed by atoms with Crippen LogP contribution in [-0.4, -0.2) is 35.7 Å². The number of carbonyl (C=O) groups excluding carboxylic acids is 3. The van der Waals surface area contributed by atoms with Crippen molar-refractivity contribution in [2.24, 2.45) is 0 Å². The van der Waals surface area contributed by atoms with E-state index < -0.39 is 29.0 Å². The minimum Gasteiger partial charge on any atom is -0.463 e. The fraction of sp³-hybridized carbons (Fsp3) is 0.750. The van der Waals surface area contributed by atoms with Crippen molar-refractivity contribution < 1.29 is 28.7 Å². The Hall–Kier alpha value is -1.63. The zero-order valence-electron chi connectivity index (χ0n) is 12.2. The monoisotopic (exact) mass is 275 g/mol. The zero-order chi connectivity index (χ0) is 15.3. The van der Waals surface area contributed by atoms with Gasteiger partial charge in [-0.1, -0.05) is 0 Å². The largest absolute Gasteiger partial charge is 0.463 e. The molecule has 0 aliphatic carbocycles. The smallest absolute Gasteiger partial charge is 0.431 e. The number of amides is 1. The Bertz CT molecular complexity index is 360. The lowest BCUT2D eigenvalue weighted by molar-refractivity contribution is -0.181. The van der Waals surface area contributed by atoms with Gasteiger partial charge in [-0.2, -0.15) is 5.48 Å². The van der Waals surface area contributed by atoms with E-state index in [1.54, 1.807) is 27.7 Å². The molecule has 0 bridgehead atoms. The lowest BCUT2D eigenvalue weighted by atomic mass is 10.0. The molecule has 7 nitrogen and oxygen atoms in total. The van der Waals surface area contributed by atoms with Gasteiger partial charge in [0.15, 0.2) is 5.78 Å².